The zero-order valence-electron chi connectivity index (χ0n) is 23.8. The Morgan fingerprint density at radius 1 is 1.00 bits per heavy atom. The average Bonchev–Trinajstić information content (AvgIpc) is 3.54. The highest BCUT2D eigenvalue weighted by Crippen LogP contribution is 2.35. The van der Waals surface area contributed by atoms with Gasteiger partial charge in [0, 0.05) is 42.2 Å². The fraction of sp³-hybridized carbons (Fsp3) is 0.312. The van der Waals surface area contributed by atoms with E-state index in [1.165, 1.54) is 24.3 Å². The summed E-state index contributed by atoms with van der Waals surface area (Å²) in [6.45, 7) is 7.65. The maximum absolute atomic E-state index is 14.3. The number of hydrogen-bond donors (Lipinski definition) is 0. The number of piperidine rings is 1. The first kappa shape index (κ1) is 28.0. The number of fused-ring (bicyclic) bond motifs is 2. The molecule has 42 heavy (non-hydrogen) atoms. The predicted molar refractivity (Wildman–Crippen MR) is 160 cm³/mol. The summed E-state index contributed by atoms with van der Waals surface area (Å²) in [7, 11) is -3.94. The molecule has 0 spiro atoms. The number of aromatic nitrogens is 3. The van der Waals surface area contributed by atoms with E-state index in [1.54, 1.807) is 35.4 Å². The van der Waals surface area contributed by atoms with Gasteiger partial charge in [0.25, 0.3) is 10.0 Å². The lowest BCUT2D eigenvalue weighted by molar-refractivity contribution is 0.0177. The third-order valence-electron chi connectivity index (χ3n) is 7.68. The molecule has 0 atom stereocenters. The zero-order valence-corrected chi connectivity index (χ0v) is 24.6. The smallest absolute Gasteiger partial charge is 0.410 e. The van der Waals surface area contributed by atoms with Gasteiger partial charge in [0.15, 0.2) is 0 Å². The molecule has 2 aromatic heterocycles. The number of benzene rings is 3. The summed E-state index contributed by atoms with van der Waals surface area (Å²) < 4.78 is 50.0. The number of amides is 1. The van der Waals surface area contributed by atoms with Crippen LogP contribution in [0, 0.1) is 11.7 Å². The highest BCUT2D eigenvalue weighted by Gasteiger charge is 2.28. The molecule has 1 aliphatic heterocycles. The summed E-state index contributed by atoms with van der Waals surface area (Å²) in [5.41, 5.74) is 2.24. The molecule has 0 aliphatic carbocycles. The maximum Gasteiger partial charge on any atom is 0.410 e. The minimum Gasteiger partial charge on any atom is -0.444 e. The first-order valence-electron chi connectivity index (χ1n) is 14.0. The number of ether oxygens (including phenoxy) is 1. The van der Waals surface area contributed by atoms with Crippen LogP contribution in [-0.4, -0.2) is 51.9 Å². The van der Waals surface area contributed by atoms with Gasteiger partial charge in [-0.2, -0.15) is 5.10 Å². The number of hydrogen-bond acceptors (Lipinski definition) is 5. The Balaban J connectivity index is 1.26. The highest BCUT2D eigenvalue weighted by atomic mass is 32.2. The lowest BCUT2D eigenvalue weighted by Gasteiger charge is -2.33. The summed E-state index contributed by atoms with van der Waals surface area (Å²) in [5, 5.41) is 6.21. The van der Waals surface area contributed by atoms with Gasteiger partial charge in [-0.25, -0.2) is 21.6 Å². The number of halogens is 1. The molecule has 0 radical (unpaired) electrons. The molecule has 1 saturated heterocycles. The first-order valence-corrected chi connectivity index (χ1v) is 15.5. The second-order valence-corrected chi connectivity index (χ2v) is 13.6. The van der Waals surface area contributed by atoms with Crippen LogP contribution < -0.4 is 0 Å². The van der Waals surface area contributed by atoms with Crippen molar-refractivity contribution in [3.8, 4) is 11.1 Å². The third-order valence-corrected chi connectivity index (χ3v) is 9.37. The van der Waals surface area contributed by atoms with Gasteiger partial charge in [-0.05, 0) is 87.6 Å². The second kappa shape index (κ2) is 10.6. The summed E-state index contributed by atoms with van der Waals surface area (Å²) in [6.07, 6.45) is 4.85. The van der Waals surface area contributed by atoms with Crippen LogP contribution in [-0.2, 0) is 21.3 Å². The fourth-order valence-electron chi connectivity index (χ4n) is 5.58. The molecular formula is C32H33FN4O4S. The molecule has 5 aromatic rings. The van der Waals surface area contributed by atoms with Gasteiger partial charge in [0.05, 0.1) is 22.1 Å². The average molecular weight is 589 g/mol. The van der Waals surface area contributed by atoms with E-state index < -0.39 is 21.4 Å². The van der Waals surface area contributed by atoms with Gasteiger partial charge in [-0.1, -0.05) is 24.3 Å². The number of rotatable bonds is 5. The van der Waals surface area contributed by atoms with E-state index in [-0.39, 0.29) is 16.5 Å². The second-order valence-electron chi connectivity index (χ2n) is 11.8. The van der Waals surface area contributed by atoms with E-state index in [0.29, 0.717) is 30.0 Å². The van der Waals surface area contributed by atoms with Crippen LogP contribution in [0.2, 0.25) is 0 Å². The Labute approximate surface area is 244 Å². The minimum atomic E-state index is -3.94. The number of carbonyl (C=O) groups is 1. The normalized spacial score (nSPS) is 15.0. The minimum absolute atomic E-state index is 0.131. The van der Waals surface area contributed by atoms with Gasteiger partial charge < -0.3 is 9.64 Å². The van der Waals surface area contributed by atoms with Crippen molar-refractivity contribution in [3.63, 3.8) is 0 Å². The van der Waals surface area contributed by atoms with Gasteiger partial charge in [0.1, 0.15) is 11.4 Å². The monoisotopic (exact) mass is 588 g/mol. The summed E-state index contributed by atoms with van der Waals surface area (Å²) in [4.78, 5) is 14.3. The van der Waals surface area contributed by atoms with Crippen LogP contribution >= 0.6 is 0 Å². The number of likely N-dealkylation sites (tertiary alicyclic amines) is 1. The van der Waals surface area contributed by atoms with Crippen LogP contribution in [0.3, 0.4) is 0 Å². The molecular weight excluding hydrogens is 555 g/mol. The molecule has 0 unspecified atom stereocenters. The quantitative estimate of drug-likeness (QED) is 0.229. The van der Waals surface area contributed by atoms with Gasteiger partial charge in [0.2, 0.25) is 0 Å². The van der Waals surface area contributed by atoms with Crippen molar-refractivity contribution in [2.24, 2.45) is 5.92 Å². The molecule has 0 N–H and O–H groups in total. The summed E-state index contributed by atoms with van der Waals surface area (Å²) in [5.74, 6) is -0.132. The molecule has 218 valence electrons. The largest absolute Gasteiger partial charge is 0.444 e. The lowest BCUT2D eigenvalue weighted by Crippen LogP contribution is -2.42. The molecule has 0 bridgehead atoms. The Kier molecular flexibility index (Phi) is 7.04. The van der Waals surface area contributed by atoms with Crippen LogP contribution in [0.1, 0.15) is 33.6 Å². The van der Waals surface area contributed by atoms with E-state index in [2.05, 4.69) is 5.10 Å². The molecule has 6 rings (SSSR count). The van der Waals surface area contributed by atoms with Gasteiger partial charge in [-0.3, -0.25) is 4.68 Å². The van der Waals surface area contributed by atoms with E-state index in [1.807, 2.05) is 49.8 Å². The van der Waals surface area contributed by atoms with Crippen molar-refractivity contribution >= 4 is 37.9 Å². The molecule has 3 aromatic carbocycles. The van der Waals surface area contributed by atoms with E-state index in [0.717, 1.165) is 39.8 Å². The van der Waals surface area contributed by atoms with Crippen LogP contribution in [0.5, 0.6) is 0 Å². The molecule has 0 saturated carbocycles. The first-order chi connectivity index (χ1) is 20.0. The lowest BCUT2D eigenvalue weighted by atomic mass is 9.97. The Morgan fingerprint density at radius 2 is 1.74 bits per heavy atom. The molecule has 1 amide bonds. The zero-order chi connectivity index (χ0) is 29.6. The van der Waals surface area contributed by atoms with E-state index in [4.69, 9.17) is 4.74 Å². The standard InChI is InChI=1S/C32H33FN4O4S/c1-32(2,3)41-31(38)35-15-13-22(14-16-35)20-36-29-12-9-23(17-24(29)19-34-36)28-21-37(30-18-25(33)10-11-27(28)30)42(39,40)26-7-5-4-6-8-26/h4-12,17-19,21-22H,13-16,20H2,1-3H3. The summed E-state index contributed by atoms with van der Waals surface area (Å²) in [6, 6.07) is 18.3. The van der Waals surface area contributed by atoms with Crippen molar-refractivity contribution in [3.05, 3.63) is 84.9 Å². The van der Waals surface area contributed by atoms with Gasteiger partial charge >= 0.3 is 6.09 Å². The van der Waals surface area contributed by atoms with Crippen molar-refractivity contribution in [2.45, 2.75) is 50.7 Å². The Morgan fingerprint density at radius 3 is 2.45 bits per heavy atom. The van der Waals surface area contributed by atoms with Crippen LogP contribution in [0.25, 0.3) is 32.9 Å². The van der Waals surface area contributed by atoms with E-state index >= 15 is 0 Å². The Bertz CT molecular complexity index is 1880. The molecule has 1 fully saturated rings. The fourth-order valence-corrected chi connectivity index (χ4v) is 6.96. The van der Waals surface area contributed by atoms with Crippen molar-refractivity contribution in [2.75, 3.05) is 13.1 Å². The highest BCUT2D eigenvalue weighted by molar-refractivity contribution is 7.90. The number of carbonyl (C=O) groups excluding carboxylic acids is 1. The maximum atomic E-state index is 14.3. The van der Waals surface area contributed by atoms with Crippen LogP contribution in [0.15, 0.2) is 84.0 Å². The predicted octanol–water partition coefficient (Wildman–Crippen LogP) is 6.68. The van der Waals surface area contributed by atoms with Crippen LogP contribution in [0.4, 0.5) is 9.18 Å². The van der Waals surface area contributed by atoms with Crippen molar-refractivity contribution < 1.29 is 22.3 Å². The molecule has 1 aliphatic rings. The Hall–Kier alpha value is -4.18. The SMILES string of the molecule is CC(C)(C)OC(=O)N1CCC(Cn2ncc3cc(-c4cn(S(=O)(=O)c5ccccc5)c5cc(F)ccc45)ccc32)CC1. The van der Waals surface area contributed by atoms with E-state index in [9.17, 15) is 17.6 Å². The topological polar surface area (TPSA) is 86.4 Å². The van der Waals surface area contributed by atoms with Gasteiger partial charge in [-0.15, -0.1) is 0 Å². The van der Waals surface area contributed by atoms with Crippen molar-refractivity contribution in [1.82, 2.24) is 18.7 Å². The van der Waals surface area contributed by atoms with Crippen molar-refractivity contribution in [1.29, 1.82) is 0 Å². The summed E-state index contributed by atoms with van der Waals surface area (Å²) >= 11 is 0. The third kappa shape index (κ3) is 5.38. The number of nitrogens with zero attached hydrogens (tertiary/aromatic N) is 4. The molecule has 8 nitrogen and oxygen atoms in total. The molecule has 3 heterocycles. The molecule has 10 heteroatoms.